The predicted octanol–water partition coefficient (Wildman–Crippen LogP) is 5.47. The lowest BCUT2D eigenvalue weighted by atomic mass is 9.66. The third kappa shape index (κ3) is 4.75. The maximum atomic E-state index is 12.5. The Balaban J connectivity index is 1.56. The van der Waals surface area contributed by atoms with Crippen molar-refractivity contribution in [1.29, 1.82) is 0 Å². The van der Waals surface area contributed by atoms with E-state index in [0.717, 1.165) is 19.3 Å². The number of amides is 2. The SMILES string of the molecule is CC(C)C1=CC2(CCC(C)(NC(=O)NCCc3ccccc3)C2)C(C)CC1. The molecule has 2 N–H and O–H groups in total. The van der Waals surface area contributed by atoms with Crippen LogP contribution < -0.4 is 10.6 Å². The Kier molecular flexibility index (Phi) is 5.98. The van der Waals surface area contributed by atoms with Crippen LogP contribution in [0.3, 0.4) is 0 Å². The van der Waals surface area contributed by atoms with Gasteiger partial charge in [0.1, 0.15) is 0 Å². The zero-order valence-corrected chi connectivity index (χ0v) is 17.5. The number of hydrogen-bond acceptors (Lipinski definition) is 1. The Morgan fingerprint density at radius 2 is 1.96 bits per heavy atom. The lowest BCUT2D eigenvalue weighted by Gasteiger charge is -2.40. The number of carbonyl (C=O) groups is 1. The Morgan fingerprint density at radius 3 is 2.67 bits per heavy atom. The fourth-order valence-electron chi connectivity index (χ4n) is 5.06. The first-order chi connectivity index (χ1) is 12.8. The van der Waals surface area contributed by atoms with Crippen molar-refractivity contribution >= 4 is 6.03 Å². The summed E-state index contributed by atoms with van der Waals surface area (Å²) in [5.41, 5.74) is 3.03. The van der Waals surface area contributed by atoms with Gasteiger partial charge in [-0.15, -0.1) is 0 Å². The lowest BCUT2D eigenvalue weighted by Crippen LogP contribution is -2.50. The van der Waals surface area contributed by atoms with Crippen LogP contribution in [0.25, 0.3) is 0 Å². The number of benzene rings is 1. The van der Waals surface area contributed by atoms with Crippen LogP contribution in [-0.2, 0) is 6.42 Å². The molecule has 1 fully saturated rings. The number of rotatable bonds is 5. The van der Waals surface area contributed by atoms with E-state index in [0.29, 0.717) is 18.4 Å². The Bertz CT molecular complexity index is 681. The molecule has 0 aliphatic heterocycles. The lowest BCUT2D eigenvalue weighted by molar-refractivity contribution is 0.195. The predicted molar refractivity (Wildman–Crippen MR) is 113 cm³/mol. The van der Waals surface area contributed by atoms with Crippen LogP contribution in [0.5, 0.6) is 0 Å². The van der Waals surface area contributed by atoms with E-state index in [2.05, 4.69) is 56.5 Å². The molecule has 3 nitrogen and oxygen atoms in total. The second-order valence-electron chi connectivity index (χ2n) is 9.40. The molecule has 1 aromatic carbocycles. The highest BCUT2D eigenvalue weighted by molar-refractivity contribution is 5.74. The minimum atomic E-state index is -0.110. The van der Waals surface area contributed by atoms with Crippen molar-refractivity contribution < 1.29 is 4.79 Å². The first-order valence-corrected chi connectivity index (χ1v) is 10.6. The fraction of sp³-hybridized carbons (Fsp3) is 0.625. The van der Waals surface area contributed by atoms with Crippen LogP contribution in [0, 0.1) is 17.3 Å². The highest BCUT2D eigenvalue weighted by atomic mass is 16.2. The van der Waals surface area contributed by atoms with Gasteiger partial charge >= 0.3 is 6.03 Å². The quantitative estimate of drug-likeness (QED) is 0.665. The first-order valence-electron chi connectivity index (χ1n) is 10.6. The fourth-order valence-corrected chi connectivity index (χ4v) is 5.06. The van der Waals surface area contributed by atoms with E-state index in [4.69, 9.17) is 0 Å². The zero-order chi connectivity index (χ0) is 19.5. The minimum Gasteiger partial charge on any atom is -0.338 e. The average molecular weight is 369 g/mol. The van der Waals surface area contributed by atoms with Crippen molar-refractivity contribution in [2.24, 2.45) is 17.3 Å². The molecule has 1 aromatic rings. The molecule has 27 heavy (non-hydrogen) atoms. The third-order valence-electron chi connectivity index (χ3n) is 6.88. The van der Waals surface area contributed by atoms with Crippen molar-refractivity contribution in [3.63, 3.8) is 0 Å². The second kappa shape index (κ2) is 8.08. The normalized spacial score (nSPS) is 30.4. The van der Waals surface area contributed by atoms with Crippen molar-refractivity contribution in [2.45, 2.75) is 71.8 Å². The van der Waals surface area contributed by atoms with Gasteiger partial charge in [0.15, 0.2) is 0 Å². The molecule has 3 rings (SSSR count). The van der Waals surface area contributed by atoms with Gasteiger partial charge in [-0.25, -0.2) is 4.79 Å². The van der Waals surface area contributed by atoms with E-state index in [1.807, 2.05) is 18.2 Å². The third-order valence-corrected chi connectivity index (χ3v) is 6.88. The van der Waals surface area contributed by atoms with Crippen LogP contribution >= 0.6 is 0 Å². The molecule has 1 spiro atoms. The summed E-state index contributed by atoms with van der Waals surface area (Å²) in [4.78, 5) is 12.5. The van der Waals surface area contributed by atoms with Gasteiger partial charge in [-0.05, 0) is 68.3 Å². The number of nitrogens with one attached hydrogen (secondary N) is 2. The molecule has 2 aliphatic carbocycles. The van der Waals surface area contributed by atoms with Crippen LogP contribution in [0.15, 0.2) is 42.0 Å². The average Bonchev–Trinajstić information content (AvgIpc) is 2.95. The van der Waals surface area contributed by atoms with E-state index in [1.54, 1.807) is 5.57 Å². The zero-order valence-electron chi connectivity index (χ0n) is 17.5. The molecule has 1 saturated carbocycles. The number of carbonyl (C=O) groups excluding carboxylic acids is 1. The maximum absolute atomic E-state index is 12.5. The van der Waals surface area contributed by atoms with Crippen LogP contribution in [0.1, 0.15) is 65.4 Å². The highest BCUT2D eigenvalue weighted by Crippen LogP contribution is 2.54. The minimum absolute atomic E-state index is 0.0259. The molecule has 2 amide bonds. The van der Waals surface area contributed by atoms with Gasteiger partial charge in [-0.2, -0.15) is 0 Å². The molecule has 0 heterocycles. The van der Waals surface area contributed by atoms with E-state index in [-0.39, 0.29) is 17.0 Å². The Morgan fingerprint density at radius 1 is 1.22 bits per heavy atom. The van der Waals surface area contributed by atoms with Crippen molar-refractivity contribution in [1.82, 2.24) is 10.6 Å². The molecule has 3 heteroatoms. The van der Waals surface area contributed by atoms with Crippen molar-refractivity contribution in [3.05, 3.63) is 47.5 Å². The molecule has 0 saturated heterocycles. The summed E-state index contributed by atoms with van der Waals surface area (Å²) in [5.74, 6) is 1.33. The van der Waals surface area contributed by atoms with Gasteiger partial charge in [0.05, 0.1) is 0 Å². The van der Waals surface area contributed by atoms with Crippen LogP contribution in [0.4, 0.5) is 4.79 Å². The summed E-state index contributed by atoms with van der Waals surface area (Å²) in [5, 5.41) is 6.35. The molecule has 0 bridgehead atoms. The van der Waals surface area contributed by atoms with Crippen LogP contribution in [-0.4, -0.2) is 18.1 Å². The molecule has 2 aliphatic rings. The van der Waals surface area contributed by atoms with Gasteiger partial charge in [0.25, 0.3) is 0 Å². The topological polar surface area (TPSA) is 41.1 Å². The summed E-state index contributed by atoms with van der Waals surface area (Å²) < 4.78 is 0. The summed E-state index contributed by atoms with van der Waals surface area (Å²) >= 11 is 0. The molecule has 0 aromatic heterocycles. The first kappa shape index (κ1) is 20.0. The monoisotopic (exact) mass is 368 g/mol. The maximum Gasteiger partial charge on any atom is 0.315 e. The van der Waals surface area contributed by atoms with E-state index < -0.39 is 0 Å². The molecule has 3 unspecified atom stereocenters. The standard InChI is InChI=1S/C24H36N2O/c1-18(2)21-11-10-19(3)24(16-21)14-13-23(4,17-24)26-22(27)25-15-12-20-8-6-5-7-9-20/h5-9,16,18-19H,10-15,17H2,1-4H3,(H2,25,26,27). The summed E-state index contributed by atoms with van der Waals surface area (Å²) in [6, 6.07) is 10.3. The van der Waals surface area contributed by atoms with Crippen LogP contribution in [0.2, 0.25) is 0 Å². The van der Waals surface area contributed by atoms with Gasteiger partial charge in [0.2, 0.25) is 0 Å². The summed E-state index contributed by atoms with van der Waals surface area (Å²) in [7, 11) is 0. The summed E-state index contributed by atoms with van der Waals surface area (Å²) in [6.07, 6.45) is 9.28. The number of urea groups is 1. The Labute approximate surface area is 165 Å². The second-order valence-corrected chi connectivity index (χ2v) is 9.40. The van der Waals surface area contributed by atoms with E-state index in [1.165, 1.54) is 24.8 Å². The molecule has 3 atom stereocenters. The van der Waals surface area contributed by atoms with E-state index in [9.17, 15) is 4.79 Å². The van der Waals surface area contributed by atoms with E-state index >= 15 is 0 Å². The van der Waals surface area contributed by atoms with Gasteiger partial charge < -0.3 is 10.6 Å². The highest BCUT2D eigenvalue weighted by Gasteiger charge is 2.49. The van der Waals surface area contributed by atoms with Crippen molar-refractivity contribution in [3.8, 4) is 0 Å². The smallest absolute Gasteiger partial charge is 0.315 e. The number of allylic oxidation sites excluding steroid dienone is 2. The molecular formula is C24H36N2O. The molecule has 0 radical (unpaired) electrons. The molecule has 148 valence electrons. The Hall–Kier alpha value is -1.77. The van der Waals surface area contributed by atoms with Crippen molar-refractivity contribution in [2.75, 3.05) is 6.54 Å². The largest absolute Gasteiger partial charge is 0.338 e. The van der Waals surface area contributed by atoms with Gasteiger partial charge in [-0.1, -0.05) is 62.8 Å². The van der Waals surface area contributed by atoms with Gasteiger partial charge in [-0.3, -0.25) is 0 Å². The van der Waals surface area contributed by atoms with Gasteiger partial charge in [0, 0.05) is 12.1 Å². The summed E-state index contributed by atoms with van der Waals surface area (Å²) in [6.45, 7) is 9.91. The molecular weight excluding hydrogens is 332 g/mol. The number of hydrogen-bond donors (Lipinski definition) is 2.